The van der Waals surface area contributed by atoms with Crippen LogP contribution in [-0.2, 0) is 13.0 Å². The van der Waals surface area contributed by atoms with Gasteiger partial charge in [-0.05, 0) is 80.7 Å². The number of phenolic OH excluding ortho intramolecular Hbond substituents is 1. The van der Waals surface area contributed by atoms with Gasteiger partial charge in [-0.15, -0.1) is 0 Å². The van der Waals surface area contributed by atoms with Crippen LogP contribution in [0.25, 0.3) is 11.3 Å². The van der Waals surface area contributed by atoms with Crippen molar-refractivity contribution in [3.05, 3.63) is 65.9 Å². The highest BCUT2D eigenvalue weighted by atomic mass is 16.3. The van der Waals surface area contributed by atoms with E-state index in [0.717, 1.165) is 49.4 Å². The van der Waals surface area contributed by atoms with Crippen LogP contribution in [0.3, 0.4) is 0 Å². The molecule has 2 aromatic carbocycles. The van der Waals surface area contributed by atoms with Crippen LogP contribution in [0.2, 0.25) is 0 Å². The molecule has 4 rings (SSSR count). The normalized spacial score (nSPS) is 14.4. The van der Waals surface area contributed by atoms with Crippen LogP contribution in [0, 0.1) is 0 Å². The third kappa shape index (κ3) is 6.46. The number of nitrogens with zero attached hydrogens (tertiary/aromatic N) is 3. The van der Waals surface area contributed by atoms with Crippen LogP contribution in [0.5, 0.6) is 5.75 Å². The average Bonchev–Trinajstić information content (AvgIpc) is 2.87. The number of anilines is 2. The molecule has 0 saturated carbocycles. The van der Waals surface area contributed by atoms with E-state index in [2.05, 4.69) is 51.7 Å². The highest BCUT2D eigenvalue weighted by Gasteiger charge is 2.20. The lowest BCUT2D eigenvalue weighted by molar-refractivity contribution is 0.154. The molecule has 34 heavy (non-hydrogen) atoms. The van der Waals surface area contributed by atoms with E-state index in [9.17, 15) is 5.11 Å². The quantitative estimate of drug-likeness (QED) is 0.268. The zero-order valence-electron chi connectivity index (χ0n) is 20.0. The van der Waals surface area contributed by atoms with Gasteiger partial charge in [-0.3, -0.25) is 4.90 Å². The monoisotopic (exact) mass is 460 g/mol. The highest BCUT2D eigenvalue weighted by molar-refractivity contribution is 5.61. The van der Waals surface area contributed by atoms with Crippen LogP contribution >= 0.6 is 0 Å². The summed E-state index contributed by atoms with van der Waals surface area (Å²) < 4.78 is 0. The first-order chi connectivity index (χ1) is 16.6. The Morgan fingerprint density at radius 1 is 1.12 bits per heavy atom. The molecular weight excluding hydrogens is 424 g/mol. The van der Waals surface area contributed by atoms with E-state index in [4.69, 9.17) is 10.7 Å². The van der Waals surface area contributed by atoms with Crippen LogP contribution in [0.1, 0.15) is 37.3 Å². The van der Waals surface area contributed by atoms with Crippen molar-refractivity contribution in [2.45, 2.75) is 45.2 Å². The molecule has 0 amide bonds. The molecule has 1 fully saturated rings. The zero-order valence-corrected chi connectivity index (χ0v) is 20.0. The third-order valence-electron chi connectivity index (χ3n) is 6.39. The minimum atomic E-state index is 0.114. The molecule has 3 aromatic rings. The van der Waals surface area contributed by atoms with Crippen molar-refractivity contribution in [1.29, 1.82) is 0 Å². The first kappa shape index (κ1) is 24.0. The van der Waals surface area contributed by atoms with Gasteiger partial charge in [-0.25, -0.2) is 9.97 Å². The van der Waals surface area contributed by atoms with Crippen molar-refractivity contribution < 1.29 is 5.11 Å². The molecule has 0 aliphatic carbocycles. The number of phenols is 1. The Labute approximate surface area is 202 Å². The molecule has 2 heterocycles. The number of aromatic hydroxyl groups is 1. The number of aromatic nitrogens is 2. The summed E-state index contributed by atoms with van der Waals surface area (Å²) in [6.07, 6.45) is 6.17. The van der Waals surface area contributed by atoms with Gasteiger partial charge in [-0.1, -0.05) is 31.2 Å². The number of rotatable bonds is 10. The van der Waals surface area contributed by atoms with Crippen LogP contribution in [0.4, 0.5) is 11.6 Å². The lowest BCUT2D eigenvalue weighted by atomic mass is 10.0. The summed E-state index contributed by atoms with van der Waals surface area (Å²) in [7, 11) is 0. The molecule has 1 saturated heterocycles. The van der Waals surface area contributed by atoms with Gasteiger partial charge in [0, 0.05) is 30.9 Å². The fourth-order valence-corrected chi connectivity index (χ4v) is 4.60. The number of nitrogens with one attached hydrogen (secondary N) is 2. The third-order valence-corrected chi connectivity index (χ3v) is 6.39. The molecule has 0 atom stereocenters. The van der Waals surface area contributed by atoms with E-state index in [1.54, 1.807) is 18.3 Å². The molecule has 0 unspecified atom stereocenters. The Balaban J connectivity index is 1.40. The van der Waals surface area contributed by atoms with Gasteiger partial charge in [0.1, 0.15) is 5.75 Å². The van der Waals surface area contributed by atoms with Gasteiger partial charge in [0.15, 0.2) is 0 Å². The summed E-state index contributed by atoms with van der Waals surface area (Å²) in [5.41, 5.74) is 10.6. The molecular formula is C27H36N6O. The van der Waals surface area contributed by atoms with Crippen LogP contribution in [0.15, 0.2) is 54.7 Å². The molecule has 180 valence electrons. The minimum absolute atomic E-state index is 0.114. The van der Waals surface area contributed by atoms with Gasteiger partial charge in [0.2, 0.25) is 5.95 Å². The van der Waals surface area contributed by atoms with Gasteiger partial charge in [0.25, 0.3) is 0 Å². The fraction of sp³-hybridized carbons (Fsp3) is 0.407. The lowest BCUT2D eigenvalue weighted by Gasteiger charge is -2.34. The van der Waals surface area contributed by atoms with E-state index in [-0.39, 0.29) is 5.75 Å². The summed E-state index contributed by atoms with van der Waals surface area (Å²) in [5.74, 6) is 0.723. The molecule has 1 aliphatic heterocycles. The van der Waals surface area contributed by atoms with Crippen LogP contribution < -0.4 is 16.4 Å². The first-order valence-corrected chi connectivity index (χ1v) is 12.3. The fourth-order valence-electron chi connectivity index (χ4n) is 4.60. The topological polar surface area (TPSA) is 99.3 Å². The zero-order chi connectivity index (χ0) is 23.8. The Morgan fingerprint density at radius 3 is 2.76 bits per heavy atom. The van der Waals surface area contributed by atoms with Crippen molar-refractivity contribution >= 4 is 11.6 Å². The molecule has 7 heteroatoms. The maximum absolute atomic E-state index is 9.58. The predicted octanol–water partition coefficient (Wildman–Crippen LogP) is 4.05. The van der Waals surface area contributed by atoms with Crippen molar-refractivity contribution in [1.82, 2.24) is 20.2 Å². The Kier molecular flexibility index (Phi) is 8.33. The summed E-state index contributed by atoms with van der Waals surface area (Å²) in [4.78, 5) is 11.8. The standard InChI is InChI=1S/C27H36N6O/c1-2-16-33(23-9-12-29-13-10-23)19-21-4-3-5-22(17-21)25-11-15-31-27(32-25)30-14-8-20-6-7-26(34)24(28)18-20/h3-7,11,15,17-18,23,29,34H,2,8-10,12-14,16,19,28H2,1H3,(H,30,31,32). The molecule has 1 aliphatic rings. The van der Waals surface area contributed by atoms with Crippen molar-refractivity contribution in [3.8, 4) is 17.0 Å². The molecule has 0 spiro atoms. The number of benzene rings is 2. The summed E-state index contributed by atoms with van der Waals surface area (Å²) >= 11 is 0. The molecule has 5 N–H and O–H groups in total. The maximum atomic E-state index is 9.58. The van der Waals surface area contributed by atoms with Crippen LogP contribution in [-0.4, -0.2) is 52.2 Å². The van der Waals surface area contributed by atoms with E-state index < -0.39 is 0 Å². The Hall–Kier alpha value is -3.16. The number of hydrogen-bond donors (Lipinski definition) is 4. The second-order valence-electron chi connectivity index (χ2n) is 8.99. The Morgan fingerprint density at radius 2 is 1.97 bits per heavy atom. The van der Waals surface area contributed by atoms with E-state index >= 15 is 0 Å². The summed E-state index contributed by atoms with van der Waals surface area (Å²) in [6.45, 7) is 7.26. The average molecular weight is 461 g/mol. The van der Waals surface area contributed by atoms with Crippen molar-refractivity contribution in [2.24, 2.45) is 0 Å². The molecule has 0 radical (unpaired) electrons. The van der Waals surface area contributed by atoms with Gasteiger partial charge >= 0.3 is 0 Å². The van der Waals surface area contributed by atoms with Crippen molar-refractivity contribution in [3.63, 3.8) is 0 Å². The summed E-state index contributed by atoms with van der Waals surface area (Å²) in [6, 6.07) is 16.6. The number of nitrogen functional groups attached to an aromatic ring is 1. The number of hydrogen-bond acceptors (Lipinski definition) is 7. The lowest BCUT2D eigenvalue weighted by Crippen LogP contribution is -2.43. The van der Waals surface area contributed by atoms with E-state index in [0.29, 0.717) is 24.2 Å². The maximum Gasteiger partial charge on any atom is 0.223 e. The minimum Gasteiger partial charge on any atom is -0.506 e. The summed E-state index contributed by atoms with van der Waals surface area (Å²) in [5, 5.41) is 16.4. The van der Waals surface area contributed by atoms with Gasteiger partial charge in [0.05, 0.1) is 11.4 Å². The molecule has 7 nitrogen and oxygen atoms in total. The highest BCUT2D eigenvalue weighted by Crippen LogP contribution is 2.23. The van der Waals surface area contributed by atoms with E-state index in [1.807, 2.05) is 12.1 Å². The first-order valence-electron chi connectivity index (χ1n) is 12.3. The predicted molar refractivity (Wildman–Crippen MR) is 139 cm³/mol. The number of piperidine rings is 1. The second-order valence-corrected chi connectivity index (χ2v) is 8.99. The van der Waals surface area contributed by atoms with Gasteiger partial charge < -0.3 is 21.5 Å². The number of nitrogens with two attached hydrogens (primary N) is 1. The van der Waals surface area contributed by atoms with Gasteiger partial charge in [-0.2, -0.15) is 0 Å². The smallest absolute Gasteiger partial charge is 0.223 e. The SMILES string of the molecule is CCCN(Cc1cccc(-c2ccnc(NCCc3ccc(O)c(N)c3)n2)c1)C1CCNCC1. The second kappa shape index (κ2) is 11.8. The Bertz CT molecular complexity index is 1070. The largest absolute Gasteiger partial charge is 0.506 e. The van der Waals surface area contributed by atoms with E-state index in [1.165, 1.54) is 24.8 Å². The van der Waals surface area contributed by atoms with Crippen molar-refractivity contribution in [2.75, 3.05) is 37.2 Å². The molecule has 0 bridgehead atoms. The molecule has 1 aromatic heterocycles.